The maximum atomic E-state index is 12.6. The molecule has 1 aromatic carbocycles. The van der Waals surface area contributed by atoms with Crippen LogP contribution in [-0.2, 0) is 11.2 Å². The quantitative estimate of drug-likeness (QED) is 0.351. The van der Waals surface area contributed by atoms with E-state index in [-0.39, 0.29) is 18.4 Å². The summed E-state index contributed by atoms with van der Waals surface area (Å²) in [7, 11) is 0. The van der Waals surface area contributed by atoms with Crippen LogP contribution in [0.15, 0.2) is 60.6 Å². The van der Waals surface area contributed by atoms with Gasteiger partial charge in [-0.05, 0) is 49.0 Å². The van der Waals surface area contributed by atoms with Crippen molar-refractivity contribution in [3.8, 4) is 0 Å². The lowest BCUT2D eigenvalue weighted by atomic mass is 9.87. The van der Waals surface area contributed by atoms with Crippen molar-refractivity contribution >= 4 is 17.5 Å². The summed E-state index contributed by atoms with van der Waals surface area (Å²) < 4.78 is 0. The van der Waals surface area contributed by atoms with Crippen LogP contribution < -0.4 is 5.32 Å². The minimum absolute atomic E-state index is 0.0193. The van der Waals surface area contributed by atoms with E-state index in [1.54, 1.807) is 12.4 Å². The number of aromatic amines is 1. The summed E-state index contributed by atoms with van der Waals surface area (Å²) in [4.78, 5) is 19.7. The average molecular weight is 416 g/mol. The Bertz CT molecular complexity index is 783. The molecule has 1 atom stereocenters. The van der Waals surface area contributed by atoms with Gasteiger partial charge in [0.25, 0.3) is 0 Å². The van der Waals surface area contributed by atoms with E-state index in [9.17, 15) is 9.90 Å². The van der Waals surface area contributed by atoms with Gasteiger partial charge < -0.3 is 15.4 Å². The molecule has 0 saturated heterocycles. The zero-order valence-corrected chi connectivity index (χ0v) is 17.7. The van der Waals surface area contributed by atoms with E-state index in [4.69, 9.17) is 11.6 Å². The fourth-order valence-corrected chi connectivity index (χ4v) is 3.35. The highest BCUT2D eigenvalue weighted by molar-refractivity contribution is 6.30. The first kappa shape index (κ1) is 22.9. The minimum Gasteiger partial charge on any atom is -0.392 e. The Morgan fingerprint density at radius 2 is 2.10 bits per heavy atom. The number of aliphatic hydroxyl groups excluding tert-OH is 1. The Morgan fingerprint density at radius 3 is 2.76 bits per heavy atom. The number of unbranched alkanes of at least 4 members (excludes halogenated alkanes) is 1. The summed E-state index contributed by atoms with van der Waals surface area (Å²) in [5.41, 5.74) is 3.17. The molecule has 0 aliphatic carbocycles. The van der Waals surface area contributed by atoms with Crippen LogP contribution in [-0.4, -0.2) is 34.1 Å². The second-order valence-electron chi connectivity index (χ2n) is 6.89. The number of aryl methyl sites for hydroxylation is 1. The van der Waals surface area contributed by atoms with Gasteiger partial charge in [-0.25, -0.2) is 4.98 Å². The van der Waals surface area contributed by atoms with E-state index in [2.05, 4.69) is 28.3 Å². The summed E-state index contributed by atoms with van der Waals surface area (Å²) in [5.74, 6) is -0.0640. The van der Waals surface area contributed by atoms with Crippen molar-refractivity contribution < 1.29 is 9.90 Å². The predicted molar refractivity (Wildman–Crippen MR) is 118 cm³/mol. The van der Waals surface area contributed by atoms with Crippen LogP contribution in [0.25, 0.3) is 0 Å². The molecule has 2 rings (SSSR count). The first-order valence-electron chi connectivity index (χ1n) is 10.1. The second kappa shape index (κ2) is 13.0. The molecule has 3 N–H and O–H groups in total. The molecule has 0 saturated carbocycles. The van der Waals surface area contributed by atoms with Crippen molar-refractivity contribution in [1.29, 1.82) is 0 Å². The van der Waals surface area contributed by atoms with E-state index in [0.717, 1.165) is 42.5 Å². The van der Waals surface area contributed by atoms with Crippen LogP contribution in [0.4, 0.5) is 0 Å². The lowest BCUT2D eigenvalue weighted by molar-refractivity contribution is -0.121. The van der Waals surface area contributed by atoms with E-state index < -0.39 is 0 Å². The molecule has 1 aromatic heterocycles. The number of aliphatic hydroxyl groups is 1. The maximum absolute atomic E-state index is 12.6. The molecule has 0 bridgehead atoms. The summed E-state index contributed by atoms with van der Waals surface area (Å²) in [6, 6.07) is 7.61. The van der Waals surface area contributed by atoms with E-state index in [1.165, 1.54) is 0 Å². The number of rotatable bonds is 12. The molecule has 29 heavy (non-hydrogen) atoms. The van der Waals surface area contributed by atoms with Crippen LogP contribution in [0, 0.1) is 0 Å². The molecule has 156 valence electrons. The van der Waals surface area contributed by atoms with Crippen molar-refractivity contribution in [1.82, 2.24) is 15.3 Å². The third-order valence-corrected chi connectivity index (χ3v) is 4.92. The Labute approximate surface area is 177 Å². The number of aromatic nitrogens is 2. The topological polar surface area (TPSA) is 78.0 Å². The largest absolute Gasteiger partial charge is 0.392 e. The Balaban J connectivity index is 1.96. The maximum Gasteiger partial charge on any atom is 0.220 e. The number of H-pyrrole nitrogens is 1. The summed E-state index contributed by atoms with van der Waals surface area (Å²) in [5, 5.41) is 12.9. The van der Waals surface area contributed by atoms with Crippen molar-refractivity contribution in [2.45, 2.75) is 44.9 Å². The van der Waals surface area contributed by atoms with Gasteiger partial charge in [0.2, 0.25) is 5.91 Å². The standard InChI is InChI=1S/C23H30ClN3O2/c1-2-6-18(7-5-14-28)22(19-9-11-20(24)12-10-19)15-23(29)26-13-4-3-8-21-16-25-17-27-21/h5-7,9-12,16-17,22,28H,2-4,8,13-15H2,1H3,(H,25,27)(H,26,29)/b7-5-,18-6-. The fourth-order valence-electron chi connectivity index (χ4n) is 3.22. The van der Waals surface area contributed by atoms with Crippen LogP contribution >= 0.6 is 11.6 Å². The number of nitrogens with zero attached hydrogens (tertiary/aromatic N) is 1. The molecular weight excluding hydrogens is 386 g/mol. The van der Waals surface area contributed by atoms with Crippen molar-refractivity contribution in [2.75, 3.05) is 13.2 Å². The third-order valence-electron chi connectivity index (χ3n) is 4.67. The number of hydrogen-bond acceptors (Lipinski definition) is 3. The van der Waals surface area contributed by atoms with Gasteiger partial charge in [-0.3, -0.25) is 4.79 Å². The molecule has 1 heterocycles. The molecule has 5 nitrogen and oxygen atoms in total. The highest BCUT2D eigenvalue weighted by atomic mass is 35.5. The molecule has 2 aromatic rings. The Hall–Kier alpha value is -2.37. The molecule has 6 heteroatoms. The van der Waals surface area contributed by atoms with Crippen molar-refractivity contribution in [3.05, 3.63) is 76.9 Å². The zero-order chi connectivity index (χ0) is 20.9. The van der Waals surface area contributed by atoms with Gasteiger partial charge in [0.15, 0.2) is 0 Å². The highest BCUT2D eigenvalue weighted by Crippen LogP contribution is 2.30. The second-order valence-corrected chi connectivity index (χ2v) is 7.33. The van der Waals surface area contributed by atoms with Crippen LogP contribution in [0.1, 0.15) is 49.8 Å². The normalized spacial score (nSPS) is 13.0. The van der Waals surface area contributed by atoms with Crippen LogP contribution in [0.5, 0.6) is 0 Å². The van der Waals surface area contributed by atoms with Crippen LogP contribution in [0.3, 0.4) is 0 Å². The molecule has 0 spiro atoms. The first-order valence-corrected chi connectivity index (χ1v) is 10.5. The molecule has 0 radical (unpaired) electrons. The van der Waals surface area contributed by atoms with Crippen molar-refractivity contribution in [2.24, 2.45) is 0 Å². The average Bonchev–Trinajstić information content (AvgIpc) is 3.23. The number of imidazole rings is 1. The van der Waals surface area contributed by atoms with Gasteiger partial charge >= 0.3 is 0 Å². The number of hydrogen-bond donors (Lipinski definition) is 3. The molecule has 1 unspecified atom stereocenters. The number of halogens is 1. The summed E-state index contributed by atoms with van der Waals surface area (Å²) in [6.45, 7) is 2.68. The minimum atomic E-state index is -0.0833. The predicted octanol–water partition coefficient (Wildman–Crippen LogP) is 4.56. The number of nitrogens with one attached hydrogen (secondary N) is 2. The van der Waals surface area contributed by atoms with Gasteiger partial charge in [-0.2, -0.15) is 0 Å². The molecule has 0 aliphatic heterocycles. The van der Waals surface area contributed by atoms with Crippen LogP contribution in [0.2, 0.25) is 5.02 Å². The Kier molecular flexibility index (Phi) is 10.2. The lowest BCUT2D eigenvalue weighted by Gasteiger charge is -2.19. The van der Waals surface area contributed by atoms with Gasteiger partial charge in [-0.1, -0.05) is 48.9 Å². The number of carbonyl (C=O) groups is 1. The Morgan fingerprint density at radius 1 is 1.31 bits per heavy atom. The zero-order valence-electron chi connectivity index (χ0n) is 16.9. The van der Waals surface area contributed by atoms with Crippen molar-refractivity contribution in [3.63, 3.8) is 0 Å². The first-order chi connectivity index (χ1) is 14.1. The van der Waals surface area contributed by atoms with E-state index in [1.807, 2.05) is 36.5 Å². The van der Waals surface area contributed by atoms with Gasteiger partial charge in [0, 0.05) is 35.8 Å². The smallest absolute Gasteiger partial charge is 0.220 e. The number of benzene rings is 1. The van der Waals surface area contributed by atoms with Gasteiger partial charge in [0.1, 0.15) is 0 Å². The fraction of sp³-hybridized carbons (Fsp3) is 0.391. The molecule has 0 fully saturated rings. The van der Waals surface area contributed by atoms with Gasteiger partial charge in [-0.15, -0.1) is 0 Å². The number of amides is 1. The third kappa shape index (κ3) is 8.26. The molecule has 1 amide bonds. The van der Waals surface area contributed by atoms with Gasteiger partial charge in [0.05, 0.1) is 12.9 Å². The summed E-state index contributed by atoms with van der Waals surface area (Å²) in [6.07, 6.45) is 13.3. The molecule has 0 aliphatic rings. The molecular formula is C23H30ClN3O2. The number of carbonyl (C=O) groups excluding carboxylic acids is 1. The van der Waals surface area contributed by atoms with E-state index in [0.29, 0.717) is 18.0 Å². The lowest BCUT2D eigenvalue weighted by Crippen LogP contribution is -2.26. The monoisotopic (exact) mass is 415 g/mol. The number of allylic oxidation sites excluding steroid dienone is 3. The summed E-state index contributed by atoms with van der Waals surface area (Å²) >= 11 is 6.03. The highest BCUT2D eigenvalue weighted by Gasteiger charge is 2.19. The SMILES string of the molecule is CC/C=C(/C=C\CO)C(CC(=O)NCCCCc1cnc[nH]1)c1ccc(Cl)cc1. The van der Waals surface area contributed by atoms with E-state index >= 15 is 0 Å².